The third kappa shape index (κ3) is 2.62. The fraction of sp³-hybridized carbons (Fsp3) is 0.417. The molecule has 1 aliphatic rings. The average Bonchev–Trinajstić information content (AvgIpc) is 2.84. The van der Waals surface area contributed by atoms with Crippen LogP contribution in [0.1, 0.15) is 33.6 Å². The highest BCUT2D eigenvalue weighted by molar-refractivity contribution is 9.10. The molecule has 0 amide bonds. The number of aryl methyl sites for hydroxylation is 1. The van der Waals surface area contributed by atoms with Crippen molar-refractivity contribution in [3.8, 4) is 0 Å². The summed E-state index contributed by atoms with van der Waals surface area (Å²) >= 11 is 7.17. The summed E-state index contributed by atoms with van der Waals surface area (Å²) < 4.78 is 1.21. The number of hydrogen-bond acceptors (Lipinski definition) is 4. The molecule has 3 rings (SSSR count). The Hall–Kier alpha value is -0.230. The molecule has 2 heterocycles. The molecule has 1 unspecified atom stereocenters. The molecular weight excluding hydrogens is 316 g/mol. The van der Waals surface area contributed by atoms with Gasteiger partial charge in [-0.15, -0.1) is 22.7 Å². The van der Waals surface area contributed by atoms with E-state index >= 15 is 0 Å². The third-order valence-electron chi connectivity index (χ3n) is 2.84. The van der Waals surface area contributed by atoms with Gasteiger partial charge >= 0.3 is 0 Å². The number of nitrogens with zero attached hydrogens (tertiary/aromatic N) is 1. The molecule has 2 aromatic heterocycles. The Balaban J connectivity index is 1.92. The number of rotatable bonds is 4. The van der Waals surface area contributed by atoms with E-state index in [1.165, 1.54) is 32.1 Å². The van der Waals surface area contributed by atoms with Crippen LogP contribution in [-0.2, 0) is 0 Å². The topological polar surface area (TPSA) is 24.9 Å². The highest BCUT2D eigenvalue weighted by Crippen LogP contribution is 2.36. The van der Waals surface area contributed by atoms with Crippen LogP contribution in [0.25, 0.3) is 0 Å². The highest BCUT2D eigenvalue weighted by Gasteiger charge is 2.28. The molecular formula is C12H13BrN2S2. The van der Waals surface area contributed by atoms with Crippen molar-refractivity contribution in [2.75, 3.05) is 0 Å². The monoisotopic (exact) mass is 328 g/mol. The first-order chi connectivity index (χ1) is 8.24. The summed E-state index contributed by atoms with van der Waals surface area (Å²) in [7, 11) is 0. The van der Waals surface area contributed by atoms with E-state index in [9.17, 15) is 0 Å². The van der Waals surface area contributed by atoms with Crippen LogP contribution in [0.3, 0.4) is 0 Å². The van der Waals surface area contributed by atoms with Crippen molar-refractivity contribution in [2.24, 2.45) is 0 Å². The van der Waals surface area contributed by atoms with Crippen molar-refractivity contribution in [2.45, 2.75) is 31.8 Å². The van der Waals surface area contributed by atoms with Crippen molar-refractivity contribution < 1.29 is 0 Å². The molecule has 5 heteroatoms. The summed E-state index contributed by atoms with van der Waals surface area (Å²) in [6.07, 6.45) is 4.48. The van der Waals surface area contributed by atoms with Crippen LogP contribution in [0.15, 0.2) is 22.1 Å². The Morgan fingerprint density at radius 3 is 2.88 bits per heavy atom. The zero-order chi connectivity index (χ0) is 11.8. The van der Waals surface area contributed by atoms with Gasteiger partial charge in [0.15, 0.2) is 0 Å². The van der Waals surface area contributed by atoms with E-state index in [1.54, 1.807) is 11.3 Å². The summed E-state index contributed by atoms with van der Waals surface area (Å²) in [4.78, 5) is 7.15. The minimum Gasteiger partial charge on any atom is -0.301 e. The Kier molecular flexibility index (Phi) is 3.34. The van der Waals surface area contributed by atoms with Gasteiger partial charge in [-0.3, -0.25) is 0 Å². The van der Waals surface area contributed by atoms with Crippen molar-refractivity contribution in [1.29, 1.82) is 0 Å². The molecule has 0 aliphatic heterocycles. The number of hydrogen-bond donors (Lipinski definition) is 1. The van der Waals surface area contributed by atoms with Gasteiger partial charge in [0.25, 0.3) is 0 Å². The Morgan fingerprint density at radius 1 is 1.53 bits per heavy atom. The van der Waals surface area contributed by atoms with Crippen LogP contribution in [-0.4, -0.2) is 11.0 Å². The molecule has 0 aromatic carbocycles. The molecule has 0 saturated heterocycles. The lowest BCUT2D eigenvalue weighted by Gasteiger charge is -2.14. The zero-order valence-corrected chi connectivity index (χ0v) is 12.7. The molecule has 1 saturated carbocycles. The first-order valence-corrected chi connectivity index (χ1v) is 8.14. The van der Waals surface area contributed by atoms with Gasteiger partial charge in [0.2, 0.25) is 0 Å². The first-order valence-electron chi connectivity index (χ1n) is 5.65. The molecule has 1 fully saturated rings. The Bertz CT molecular complexity index is 483. The van der Waals surface area contributed by atoms with Gasteiger partial charge in [-0.2, -0.15) is 0 Å². The van der Waals surface area contributed by atoms with E-state index in [-0.39, 0.29) is 6.04 Å². The number of aromatic nitrogens is 1. The standard InChI is InChI=1S/C12H13BrN2S2/c1-7-9(13)6-10(17-7)11(15-8-2-3-8)12-14-4-5-16-12/h4-6,8,11,15H,2-3H2,1H3. The summed E-state index contributed by atoms with van der Waals surface area (Å²) in [6, 6.07) is 3.18. The molecule has 17 heavy (non-hydrogen) atoms. The maximum Gasteiger partial charge on any atom is 0.115 e. The van der Waals surface area contributed by atoms with Crippen LogP contribution in [0.4, 0.5) is 0 Å². The molecule has 2 nitrogen and oxygen atoms in total. The van der Waals surface area contributed by atoms with Crippen molar-refractivity contribution in [3.05, 3.63) is 36.9 Å². The fourth-order valence-electron chi connectivity index (χ4n) is 1.76. The molecule has 2 aromatic rings. The van der Waals surface area contributed by atoms with Gasteiger partial charge in [0, 0.05) is 31.8 Å². The van der Waals surface area contributed by atoms with E-state index in [0.29, 0.717) is 6.04 Å². The maximum atomic E-state index is 4.46. The zero-order valence-electron chi connectivity index (χ0n) is 9.44. The van der Waals surface area contributed by atoms with Gasteiger partial charge in [-0.1, -0.05) is 0 Å². The molecule has 0 bridgehead atoms. The van der Waals surface area contributed by atoms with Crippen LogP contribution in [0.2, 0.25) is 0 Å². The number of thiazole rings is 1. The lowest BCUT2D eigenvalue weighted by atomic mass is 10.2. The quantitative estimate of drug-likeness (QED) is 0.913. The lowest BCUT2D eigenvalue weighted by molar-refractivity contribution is 0.606. The number of nitrogens with one attached hydrogen (secondary N) is 1. The summed E-state index contributed by atoms with van der Waals surface area (Å²) in [5.41, 5.74) is 0. The maximum absolute atomic E-state index is 4.46. The molecule has 0 radical (unpaired) electrons. The molecule has 90 valence electrons. The van der Waals surface area contributed by atoms with E-state index in [4.69, 9.17) is 0 Å². The van der Waals surface area contributed by atoms with Crippen LogP contribution >= 0.6 is 38.6 Å². The van der Waals surface area contributed by atoms with Crippen LogP contribution in [0.5, 0.6) is 0 Å². The van der Waals surface area contributed by atoms with E-state index < -0.39 is 0 Å². The second-order valence-electron chi connectivity index (χ2n) is 4.30. The molecule has 1 atom stereocenters. The largest absolute Gasteiger partial charge is 0.301 e. The van der Waals surface area contributed by atoms with E-state index in [1.807, 2.05) is 22.9 Å². The van der Waals surface area contributed by atoms with Gasteiger partial charge in [0.1, 0.15) is 5.01 Å². The first kappa shape index (κ1) is 11.8. The van der Waals surface area contributed by atoms with E-state index in [0.717, 1.165) is 0 Å². The van der Waals surface area contributed by atoms with Gasteiger partial charge in [-0.05, 0) is 41.8 Å². The molecule has 0 spiro atoms. The van der Waals surface area contributed by atoms with Crippen LogP contribution < -0.4 is 5.32 Å². The molecule has 1 aliphatic carbocycles. The Labute approximate surface area is 117 Å². The predicted octanol–water partition coefficient (Wildman–Crippen LogP) is 4.12. The summed E-state index contributed by atoms with van der Waals surface area (Å²) in [6.45, 7) is 2.15. The van der Waals surface area contributed by atoms with Gasteiger partial charge in [-0.25, -0.2) is 4.98 Å². The lowest BCUT2D eigenvalue weighted by Crippen LogP contribution is -2.23. The molecule has 1 N–H and O–H groups in total. The van der Waals surface area contributed by atoms with E-state index in [2.05, 4.69) is 39.2 Å². The highest BCUT2D eigenvalue weighted by atomic mass is 79.9. The fourth-order valence-corrected chi connectivity index (χ4v) is 4.18. The second kappa shape index (κ2) is 4.80. The Morgan fingerprint density at radius 2 is 2.35 bits per heavy atom. The summed E-state index contributed by atoms with van der Waals surface area (Å²) in [5.74, 6) is 0. The van der Waals surface area contributed by atoms with Crippen molar-refractivity contribution in [1.82, 2.24) is 10.3 Å². The van der Waals surface area contributed by atoms with Crippen molar-refractivity contribution >= 4 is 38.6 Å². The third-order valence-corrected chi connectivity index (χ3v) is 5.88. The second-order valence-corrected chi connectivity index (χ2v) is 7.37. The SMILES string of the molecule is Cc1sc(C(NC2CC2)c2nccs2)cc1Br. The minimum absolute atomic E-state index is 0.275. The van der Waals surface area contributed by atoms with Gasteiger partial charge < -0.3 is 5.32 Å². The number of thiophene rings is 1. The normalized spacial score (nSPS) is 17.3. The average molecular weight is 329 g/mol. The van der Waals surface area contributed by atoms with Crippen molar-refractivity contribution in [3.63, 3.8) is 0 Å². The predicted molar refractivity (Wildman–Crippen MR) is 76.9 cm³/mol. The van der Waals surface area contributed by atoms with Gasteiger partial charge in [0.05, 0.1) is 6.04 Å². The smallest absolute Gasteiger partial charge is 0.115 e. The minimum atomic E-state index is 0.275. The number of halogens is 1. The van der Waals surface area contributed by atoms with Crippen LogP contribution in [0, 0.1) is 6.92 Å². The summed E-state index contributed by atoms with van der Waals surface area (Å²) in [5, 5.41) is 6.91.